The molecule has 1 aliphatic rings. The van der Waals surface area contributed by atoms with Crippen molar-refractivity contribution in [2.24, 2.45) is 5.92 Å². The minimum Gasteiger partial charge on any atom is -0.393 e. The molecular weight excluding hydrogens is 202 g/mol. The Balaban J connectivity index is 2.01. The minimum absolute atomic E-state index is 0.177. The van der Waals surface area contributed by atoms with Gasteiger partial charge >= 0.3 is 0 Å². The van der Waals surface area contributed by atoms with Crippen molar-refractivity contribution in [2.75, 3.05) is 0 Å². The van der Waals surface area contributed by atoms with E-state index >= 15 is 0 Å². The van der Waals surface area contributed by atoms with E-state index in [9.17, 15) is 5.11 Å². The second-order valence-corrected chi connectivity index (χ2v) is 4.69. The summed E-state index contributed by atoms with van der Waals surface area (Å²) in [5.74, 6) is 0.379. The zero-order valence-corrected chi connectivity index (χ0v) is 9.24. The third kappa shape index (κ3) is 1.41. The van der Waals surface area contributed by atoms with Crippen LogP contribution in [0.3, 0.4) is 0 Å². The summed E-state index contributed by atoms with van der Waals surface area (Å²) in [6.07, 6.45) is 7.13. The van der Waals surface area contributed by atoms with Crippen LogP contribution in [0.15, 0.2) is 24.8 Å². The Morgan fingerprint density at radius 3 is 3.06 bits per heavy atom. The van der Waals surface area contributed by atoms with Gasteiger partial charge in [0.2, 0.25) is 0 Å². The largest absolute Gasteiger partial charge is 0.393 e. The van der Waals surface area contributed by atoms with Crippen molar-refractivity contribution in [2.45, 2.75) is 31.9 Å². The molecule has 0 aromatic carbocycles. The lowest BCUT2D eigenvalue weighted by atomic mass is 10.1. The molecule has 0 bridgehead atoms. The molecule has 2 aromatic rings. The highest BCUT2D eigenvalue weighted by atomic mass is 16.3. The Kier molecular flexibility index (Phi) is 2.17. The monoisotopic (exact) mass is 217 g/mol. The number of hydrogen-bond acceptors (Lipinski definition) is 3. The van der Waals surface area contributed by atoms with Gasteiger partial charge in [-0.05, 0) is 24.8 Å². The summed E-state index contributed by atoms with van der Waals surface area (Å²) >= 11 is 0. The Bertz CT molecular complexity index is 498. The van der Waals surface area contributed by atoms with Crippen LogP contribution in [0.1, 0.15) is 25.8 Å². The van der Waals surface area contributed by atoms with Crippen molar-refractivity contribution in [1.82, 2.24) is 14.5 Å². The first-order valence-corrected chi connectivity index (χ1v) is 5.70. The van der Waals surface area contributed by atoms with Gasteiger partial charge in [0.05, 0.1) is 6.10 Å². The number of aliphatic hydroxyl groups is 1. The first kappa shape index (κ1) is 9.78. The van der Waals surface area contributed by atoms with Crippen LogP contribution in [-0.2, 0) is 0 Å². The maximum Gasteiger partial charge on any atom is 0.143 e. The number of hydrogen-bond donors (Lipinski definition) is 1. The zero-order chi connectivity index (χ0) is 11.1. The molecule has 16 heavy (non-hydrogen) atoms. The first-order valence-electron chi connectivity index (χ1n) is 5.70. The molecule has 2 heterocycles. The van der Waals surface area contributed by atoms with Gasteiger partial charge in [0.25, 0.3) is 0 Å². The molecule has 0 radical (unpaired) electrons. The molecule has 0 spiro atoms. The van der Waals surface area contributed by atoms with Crippen molar-refractivity contribution in [3.8, 4) is 0 Å². The lowest BCUT2D eigenvalue weighted by molar-refractivity contribution is 0.139. The maximum atomic E-state index is 9.79. The Hall–Kier alpha value is -1.42. The topological polar surface area (TPSA) is 50.9 Å². The molecule has 84 valence electrons. The van der Waals surface area contributed by atoms with E-state index < -0.39 is 0 Å². The average molecular weight is 217 g/mol. The van der Waals surface area contributed by atoms with Crippen LogP contribution in [-0.4, -0.2) is 25.7 Å². The summed E-state index contributed by atoms with van der Waals surface area (Å²) in [4.78, 5) is 8.31. The molecule has 0 unspecified atom stereocenters. The summed E-state index contributed by atoms with van der Waals surface area (Å²) in [6, 6.07) is 2.41. The Morgan fingerprint density at radius 2 is 2.31 bits per heavy atom. The van der Waals surface area contributed by atoms with E-state index in [1.54, 1.807) is 6.33 Å². The van der Waals surface area contributed by atoms with Crippen molar-refractivity contribution >= 4 is 11.0 Å². The summed E-state index contributed by atoms with van der Waals surface area (Å²) in [6.45, 7) is 2.10. The number of aliphatic hydroxyl groups excluding tert-OH is 1. The number of nitrogens with zero attached hydrogens (tertiary/aromatic N) is 3. The number of aromatic nitrogens is 3. The molecular formula is C12H15N3O. The fraction of sp³-hybridized carbons (Fsp3) is 0.500. The van der Waals surface area contributed by atoms with E-state index in [1.807, 2.05) is 12.3 Å². The first-order chi connectivity index (χ1) is 7.75. The average Bonchev–Trinajstić information content (AvgIpc) is 2.83. The Labute approximate surface area is 93.9 Å². The highest BCUT2D eigenvalue weighted by Crippen LogP contribution is 2.36. The van der Waals surface area contributed by atoms with Crippen molar-refractivity contribution in [1.29, 1.82) is 0 Å². The number of fused-ring (bicyclic) bond motifs is 1. The maximum absolute atomic E-state index is 9.79. The second kappa shape index (κ2) is 3.56. The number of rotatable bonds is 1. The van der Waals surface area contributed by atoms with Gasteiger partial charge in [-0.1, -0.05) is 6.92 Å². The molecule has 4 nitrogen and oxygen atoms in total. The van der Waals surface area contributed by atoms with Gasteiger partial charge in [0.1, 0.15) is 12.0 Å². The van der Waals surface area contributed by atoms with Crippen LogP contribution in [0, 0.1) is 5.92 Å². The van der Waals surface area contributed by atoms with E-state index in [0.29, 0.717) is 12.0 Å². The Morgan fingerprint density at radius 1 is 1.44 bits per heavy atom. The molecule has 1 aliphatic carbocycles. The van der Waals surface area contributed by atoms with E-state index in [0.717, 1.165) is 23.9 Å². The van der Waals surface area contributed by atoms with Gasteiger partial charge < -0.3 is 9.67 Å². The molecule has 3 atom stereocenters. The molecule has 1 saturated carbocycles. The molecule has 3 rings (SSSR count). The summed E-state index contributed by atoms with van der Waals surface area (Å²) < 4.78 is 2.17. The standard InChI is InChI=1S/C12H15N3O/c1-8-4-10(5-11(8)16)15-3-2-9-6-13-7-14-12(9)15/h2-3,6-8,10-11,16H,4-5H2,1H3/t8-,10+,11+/m0/s1. The quantitative estimate of drug-likeness (QED) is 0.792. The molecule has 1 fully saturated rings. The highest BCUT2D eigenvalue weighted by molar-refractivity contribution is 5.74. The summed E-state index contributed by atoms with van der Waals surface area (Å²) in [5.41, 5.74) is 0.973. The SMILES string of the molecule is C[C@H]1C[C@@H](n2ccc3cncnc32)C[C@H]1O. The van der Waals surface area contributed by atoms with E-state index in [4.69, 9.17) is 0 Å². The van der Waals surface area contributed by atoms with E-state index in [2.05, 4.69) is 27.7 Å². The predicted octanol–water partition coefficient (Wildman–Crippen LogP) is 1.76. The fourth-order valence-electron chi connectivity index (χ4n) is 2.61. The lowest BCUT2D eigenvalue weighted by Crippen LogP contribution is -2.08. The molecule has 1 N–H and O–H groups in total. The van der Waals surface area contributed by atoms with E-state index in [1.165, 1.54) is 0 Å². The predicted molar refractivity (Wildman–Crippen MR) is 61.0 cm³/mol. The van der Waals surface area contributed by atoms with Gasteiger partial charge in [-0.3, -0.25) is 0 Å². The normalized spacial score (nSPS) is 30.0. The molecule has 0 aliphatic heterocycles. The third-order valence-electron chi connectivity index (χ3n) is 3.59. The minimum atomic E-state index is -0.177. The van der Waals surface area contributed by atoms with E-state index in [-0.39, 0.29) is 6.10 Å². The second-order valence-electron chi connectivity index (χ2n) is 4.69. The van der Waals surface area contributed by atoms with Gasteiger partial charge in [-0.25, -0.2) is 9.97 Å². The van der Waals surface area contributed by atoms with Crippen molar-refractivity contribution in [3.05, 3.63) is 24.8 Å². The van der Waals surface area contributed by atoms with Gasteiger partial charge in [0, 0.05) is 23.8 Å². The zero-order valence-electron chi connectivity index (χ0n) is 9.24. The fourth-order valence-corrected chi connectivity index (χ4v) is 2.61. The van der Waals surface area contributed by atoms with Crippen LogP contribution in [0.25, 0.3) is 11.0 Å². The van der Waals surface area contributed by atoms with Crippen LogP contribution in [0.2, 0.25) is 0 Å². The highest BCUT2D eigenvalue weighted by Gasteiger charge is 2.31. The van der Waals surface area contributed by atoms with Crippen molar-refractivity contribution < 1.29 is 5.11 Å². The summed E-state index contributed by atoms with van der Waals surface area (Å²) in [5, 5.41) is 10.9. The third-order valence-corrected chi connectivity index (χ3v) is 3.59. The molecule has 2 aromatic heterocycles. The lowest BCUT2D eigenvalue weighted by Gasteiger charge is -2.12. The molecule has 0 saturated heterocycles. The van der Waals surface area contributed by atoms with Crippen LogP contribution < -0.4 is 0 Å². The smallest absolute Gasteiger partial charge is 0.143 e. The van der Waals surface area contributed by atoms with Crippen LogP contribution >= 0.6 is 0 Å². The van der Waals surface area contributed by atoms with Crippen LogP contribution in [0.4, 0.5) is 0 Å². The van der Waals surface area contributed by atoms with Crippen molar-refractivity contribution in [3.63, 3.8) is 0 Å². The van der Waals surface area contributed by atoms with Gasteiger partial charge in [-0.15, -0.1) is 0 Å². The molecule has 4 heteroatoms. The van der Waals surface area contributed by atoms with Gasteiger partial charge in [0.15, 0.2) is 0 Å². The van der Waals surface area contributed by atoms with Gasteiger partial charge in [-0.2, -0.15) is 0 Å². The summed E-state index contributed by atoms with van der Waals surface area (Å²) in [7, 11) is 0. The van der Waals surface area contributed by atoms with Crippen LogP contribution in [0.5, 0.6) is 0 Å². The molecule has 0 amide bonds.